The molecule has 24 heavy (non-hydrogen) atoms. The number of nitrogens with one attached hydrogen (secondary N) is 1. The van der Waals surface area contributed by atoms with E-state index in [1.165, 1.54) is 12.2 Å². The Hall–Kier alpha value is -2.89. The molecule has 0 aromatic heterocycles. The zero-order valence-corrected chi connectivity index (χ0v) is 12.9. The maximum Gasteiger partial charge on any atom is 0.244 e. The summed E-state index contributed by atoms with van der Waals surface area (Å²) in [4.78, 5) is 12.0. The number of hydrogen-bond donors (Lipinski definition) is 1. The first kappa shape index (κ1) is 16.0. The van der Waals surface area contributed by atoms with Gasteiger partial charge in [0.05, 0.1) is 6.04 Å². The SMILES string of the molecule is CC(NC(=O)/C=C/c1cc(F)cc(F)c1)c1ccc2c(c1)OCO2. The summed E-state index contributed by atoms with van der Waals surface area (Å²) in [5, 5.41) is 2.78. The second-order valence-electron chi connectivity index (χ2n) is 5.38. The molecule has 1 atom stereocenters. The van der Waals surface area contributed by atoms with Crippen molar-refractivity contribution in [3.63, 3.8) is 0 Å². The predicted molar refractivity (Wildman–Crippen MR) is 84.5 cm³/mol. The largest absolute Gasteiger partial charge is 0.454 e. The van der Waals surface area contributed by atoms with E-state index in [4.69, 9.17) is 9.47 Å². The van der Waals surface area contributed by atoms with Gasteiger partial charge in [-0.25, -0.2) is 8.78 Å². The molecule has 1 unspecified atom stereocenters. The second-order valence-corrected chi connectivity index (χ2v) is 5.38. The molecular formula is C18H15F2NO3. The first-order chi connectivity index (χ1) is 11.5. The van der Waals surface area contributed by atoms with Crippen molar-refractivity contribution in [2.45, 2.75) is 13.0 Å². The van der Waals surface area contributed by atoms with Gasteiger partial charge in [0.25, 0.3) is 0 Å². The van der Waals surface area contributed by atoms with Crippen molar-refractivity contribution in [2.75, 3.05) is 6.79 Å². The molecule has 2 aromatic rings. The van der Waals surface area contributed by atoms with Crippen LogP contribution in [0.25, 0.3) is 6.08 Å². The summed E-state index contributed by atoms with van der Waals surface area (Å²) in [7, 11) is 0. The van der Waals surface area contributed by atoms with Gasteiger partial charge in [-0.1, -0.05) is 6.07 Å². The Kier molecular flexibility index (Phi) is 4.46. The summed E-state index contributed by atoms with van der Waals surface area (Å²) in [6, 6.07) is 8.23. The first-order valence-corrected chi connectivity index (χ1v) is 7.35. The van der Waals surface area contributed by atoms with Crippen molar-refractivity contribution in [3.8, 4) is 11.5 Å². The zero-order valence-electron chi connectivity index (χ0n) is 12.9. The number of halogens is 2. The van der Waals surface area contributed by atoms with Crippen LogP contribution >= 0.6 is 0 Å². The van der Waals surface area contributed by atoms with Gasteiger partial charge in [-0.2, -0.15) is 0 Å². The Balaban J connectivity index is 1.64. The number of amides is 1. The van der Waals surface area contributed by atoms with Crippen LogP contribution in [0.3, 0.4) is 0 Å². The van der Waals surface area contributed by atoms with Crippen molar-refractivity contribution in [3.05, 3.63) is 65.2 Å². The van der Waals surface area contributed by atoms with Crippen LogP contribution in [0.5, 0.6) is 11.5 Å². The Morgan fingerprint density at radius 1 is 1.12 bits per heavy atom. The summed E-state index contributed by atoms with van der Waals surface area (Å²) < 4.78 is 36.7. The van der Waals surface area contributed by atoms with Crippen molar-refractivity contribution in [2.24, 2.45) is 0 Å². The fraction of sp³-hybridized carbons (Fsp3) is 0.167. The number of ether oxygens (including phenoxy) is 2. The molecule has 2 aromatic carbocycles. The average Bonchev–Trinajstić information content (AvgIpc) is 2.99. The lowest BCUT2D eigenvalue weighted by molar-refractivity contribution is -0.117. The standard InChI is InChI=1S/C18H15F2NO3/c1-11(13-3-4-16-17(8-13)24-10-23-16)21-18(22)5-2-12-6-14(19)9-15(20)7-12/h2-9,11H,10H2,1H3,(H,21,22)/b5-2+. The van der Waals surface area contributed by atoms with Crippen LogP contribution in [0.2, 0.25) is 0 Å². The molecule has 124 valence electrons. The highest BCUT2D eigenvalue weighted by Gasteiger charge is 2.16. The maximum atomic E-state index is 13.1. The molecule has 1 aliphatic heterocycles. The lowest BCUT2D eigenvalue weighted by Gasteiger charge is -2.13. The highest BCUT2D eigenvalue weighted by Crippen LogP contribution is 2.34. The Morgan fingerprint density at radius 3 is 2.58 bits per heavy atom. The third kappa shape index (κ3) is 3.71. The minimum absolute atomic E-state index is 0.187. The number of carbonyl (C=O) groups is 1. The highest BCUT2D eigenvalue weighted by atomic mass is 19.1. The van der Waals surface area contributed by atoms with Gasteiger partial charge < -0.3 is 14.8 Å². The Bertz CT molecular complexity index is 785. The van der Waals surface area contributed by atoms with Crippen LogP contribution in [0.1, 0.15) is 24.1 Å². The summed E-state index contributed by atoms with van der Waals surface area (Å²) in [6.45, 7) is 2.01. The molecule has 3 rings (SSSR count). The van der Waals surface area contributed by atoms with Gasteiger partial charge in [-0.15, -0.1) is 0 Å². The fourth-order valence-corrected chi connectivity index (χ4v) is 2.37. The Labute approximate surface area is 137 Å². The number of rotatable bonds is 4. The molecule has 4 nitrogen and oxygen atoms in total. The molecule has 1 heterocycles. The minimum atomic E-state index is -0.691. The summed E-state index contributed by atoms with van der Waals surface area (Å²) >= 11 is 0. The molecule has 0 saturated carbocycles. The van der Waals surface area contributed by atoms with Gasteiger partial charge in [-0.3, -0.25) is 4.79 Å². The smallest absolute Gasteiger partial charge is 0.244 e. The van der Waals surface area contributed by atoms with Gasteiger partial charge in [0.1, 0.15) is 11.6 Å². The molecule has 0 aliphatic carbocycles. The molecule has 0 fully saturated rings. The number of hydrogen-bond acceptors (Lipinski definition) is 3. The zero-order chi connectivity index (χ0) is 17.1. The topological polar surface area (TPSA) is 47.6 Å². The predicted octanol–water partition coefficient (Wildman–Crippen LogP) is 3.58. The lowest BCUT2D eigenvalue weighted by Crippen LogP contribution is -2.24. The highest BCUT2D eigenvalue weighted by molar-refractivity contribution is 5.92. The van der Waals surface area contributed by atoms with E-state index in [9.17, 15) is 13.6 Å². The molecule has 6 heteroatoms. The molecule has 1 amide bonds. The van der Waals surface area contributed by atoms with E-state index in [1.54, 1.807) is 12.1 Å². The van der Waals surface area contributed by atoms with E-state index in [0.29, 0.717) is 11.5 Å². The lowest BCUT2D eigenvalue weighted by atomic mass is 10.1. The average molecular weight is 331 g/mol. The van der Waals surface area contributed by atoms with Crippen LogP contribution in [0, 0.1) is 11.6 Å². The number of benzene rings is 2. The van der Waals surface area contributed by atoms with Gasteiger partial charge in [0.2, 0.25) is 12.7 Å². The number of carbonyl (C=O) groups excluding carboxylic acids is 1. The van der Waals surface area contributed by atoms with E-state index in [1.807, 2.05) is 13.0 Å². The molecule has 0 radical (unpaired) electrons. The summed E-state index contributed by atoms with van der Waals surface area (Å²) in [6.07, 6.45) is 2.59. The molecule has 0 spiro atoms. The fourth-order valence-electron chi connectivity index (χ4n) is 2.37. The van der Waals surface area contributed by atoms with Gasteiger partial charge in [-0.05, 0) is 48.4 Å². The quantitative estimate of drug-likeness (QED) is 0.871. The van der Waals surface area contributed by atoms with Gasteiger partial charge in [0.15, 0.2) is 11.5 Å². The van der Waals surface area contributed by atoms with E-state index >= 15 is 0 Å². The van der Waals surface area contributed by atoms with E-state index < -0.39 is 11.6 Å². The first-order valence-electron chi connectivity index (χ1n) is 7.35. The summed E-state index contributed by atoms with van der Waals surface area (Å²) in [5.41, 5.74) is 1.14. The van der Waals surface area contributed by atoms with Gasteiger partial charge >= 0.3 is 0 Å². The van der Waals surface area contributed by atoms with E-state index in [0.717, 1.165) is 23.8 Å². The minimum Gasteiger partial charge on any atom is -0.454 e. The second kappa shape index (κ2) is 6.70. The van der Waals surface area contributed by atoms with Crippen molar-refractivity contribution in [1.29, 1.82) is 0 Å². The van der Waals surface area contributed by atoms with Crippen molar-refractivity contribution >= 4 is 12.0 Å². The third-order valence-corrected chi connectivity index (χ3v) is 3.57. The summed E-state index contributed by atoms with van der Waals surface area (Å²) in [5.74, 6) is -0.443. The van der Waals surface area contributed by atoms with E-state index in [2.05, 4.69) is 5.32 Å². The van der Waals surface area contributed by atoms with Crippen molar-refractivity contribution < 1.29 is 23.0 Å². The number of fused-ring (bicyclic) bond motifs is 1. The molecule has 1 N–H and O–H groups in total. The van der Waals surface area contributed by atoms with Crippen LogP contribution < -0.4 is 14.8 Å². The van der Waals surface area contributed by atoms with Crippen LogP contribution in [0.15, 0.2) is 42.5 Å². The molecule has 0 bridgehead atoms. The molecule has 0 saturated heterocycles. The molecular weight excluding hydrogens is 316 g/mol. The van der Waals surface area contributed by atoms with Crippen LogP contribution in [0.4, 0.5) is 8.78 Å². The normalized spacial score (nSPS) is 14.0. The van der Waals surface area contributed by atoms with E-state index in [-0.39, 0.29) is 24.3 Å². The van der Waals surface area contributed by atoms with Gasteiger partial charge in [0, 0.05) is 12.1 Å². The van der Waals surface area contributed by atoms with Crippen molar-refractivity contribution in [1.82, 2.24) is 5.32 Å². The molecule has 1 aliphatic rings. The van der Waals surface area contributed by atoms with Crippen LogP contribution in [-0.4, -0.2) is 12.7 Å². The Morgan fingerprint density at radius 2 is 1.83 bits per heavy atom. The maximum absolute atomic E-state index is 13.1. The third-order valence-electron chi connectivity index (χ3n) is 3.57. The monoisotopic (exact) mass is 331 g/mol. The van der Waals surface area contributed by atoms with Crippen LogP contribution in [-0.2, 0) is 4.79 Å².